The number of rotatable bonds is 4. The summed E-state index contributed by atoms with van der Waals surface area (Å²) >= 11 is 5.09. The Morgan fingerprint density at radius 1 is 1.39 bits per heavy atom. The predicted molar refractivity (Wildman–Crippen MR) is 81.0 cm³/mol. The highest BCUT2D eigenvalue weighted by Crippen LogP contribution is 2.26. The monoisotopic (exact) mass is 259 g/mol. The number of hydrogen-bond acceptors (Lipinski definition) is 3. The number of nitrogens with zero attached hydrogens (tertiary/aromatic N) is 1. The van der Waals surface area contributed by atoms with Gasteiger partial charge in [0.25, 0.3) is 0 Å². The molecular weight excluding hydrogens is 242 g/mol. The van der Waals surface area contributed by atoms with Gasteiger partial charge in [0.1, 0.15) is 4.99 Å². The second kappa shape index (κ2) is 5.31. The minimum Gasteiger partial charge on any atom is -0.389 e. The van der Waals surface area contributed by atoms with Gasteiger partial charge in [0, 0.05) is 18.1 Å². The highest BCUT2D eigenvalue weighted by Gasteiger charge is 2.10. The van der Waals surface area contributed by atoms with E-state index in [0.717, 1.165) is 28.7 Å². The molecule has 0 amide bonds. The van der Waals surface area contributed by atoms with E-state index in [-0.39, 0.29) is 0 Å². The Labute approximate surface area is 112 Å². The van der Waals surface area contributed by atoms with Gasteiger partial charge in [0.05, 0.1) is 16.8 Å². The summed E-state index contributed by atoms with van der Waals surface area (Å²) in [6.07, 6.45) is 1.74. The van der Waals surface area contributed by atoms with E-state index in [0.29, 0.717) is 10.9 Å². The summed E-state index contributed by atoms with van der Waals surface area (Å²) < 4.78 is 0. The van der Waals surface area contributed by atoms with Crippen LogP contribution >= 0.6 is 12.2 Å². The Morgan fingerprint density at radius 2 is 2.11 bits per heavy atom. The first kappa shape index (κ1) is 12.8. The molecule has 0 aliphatic rings. The Balaban J connectivity index is 2.55. The zero-order chi connectivity index (χ0) is 13.1. The lowest BCUT2D eigenvalue weighted by molar-refractivity contribution is 0.689. The van der Waals surface area contributed by atoms with Crippen LogP contribution in [0.5, 0.6) is 0 Å². The molecule has 0 aliphatic carbocycles. The molecule has 2 rings (SSSR count). The number of nitrogens with one attached hydrogen (secondary N) is 1. The van der Waals surface area contributed by atoms with Crippen molar-refractivity contribution in [2.45, 2.75) is 13.8 Å². The van der Waals surface area contributed by atoms with E-state index in [2.05, 4.69) is 24.1 Å². The third kappa shape index (κ3) is 2.59. The number of para-hydroxylation sites is 1. The van der Waals surface area contributed by atoms with Gasteiger partial charge in [-0.1, -0.05) is 44.3 Å². The van der Waals surface area contributed by atoms with E-state index in [1.165, 1.54) is 0 Å². The molecule has 0 aliphatic heterocycles. The molecule has 3 nitrogen and oxygen atoms in total. The SMILES string of the molecule is CC(C)CNc1c(C(N)=S)cnc2ccccc12. The molecule has 4 heteroatoms. The summed E-state index contributed by atoms with van der Waals surface area (Å²) in [5.74, 6) is 0.552. The van der Waals surface area contributed by atoms with Crippen molar-refractivity contribution >= 4 is 33.8 Å². The molecule has 0 radical (unpaired) electrons. The number of aromatic nitrogens is 1. The maximum absolute atomic E-state index is 5.76. The van der Waals surface area contributed by atoms with Crippen LogP contribution < -0.4 is 11.1 Å². The van der Waals surface area contributed by atoms with Crippen molar-refractivity contribution in [2.24, 2.45) is 11.7 Å². The maximum Gasteiger partial charge on any atom is 0.107 e. The molecule has 0 saturated carbocycles. The first-order chi connectivity index (χ1) is 8.59. The van der Waals surface area contributed by atoms with Crippen molar-refractivity contribution in [1.29, 1.82) is 0 Å². The lowest BCUT2D eigenvalue weighted by Crippen LogP contribution is -2.16. The van der Waals surface area contributed by atoms with Gasteiger partial charge in [-0.25, -0.2) is 0 Å². The largest absolute Gasteiger partial charge is 0.389 e. The summed E-state index contributed by atoms with van der Waals surface area (Å²) in [5, 5.41) is 4.49. The van der Waals surface area contributed by atoms with Gasteiger partial charge < -0.3 is 11.1 Å². The number of anilines is 1. The maximum atomic E-state index is 5.76. The average molecular weight is 259 g/mol. The fraction of sp³-hybridized carbons (Fsp3) is 0.286. The molecule has 0 atom stereocenters. The quantitative estimate of drug-likeness (QED) is 0.829. The molecular formula is C14H17N3S. The van der Waals surface area contributed by atoms with Crippen LogP contribution in [0.25, 0.3) is 10.9 Å². The van der Waals surface area contributed by atoms with Gasteiger partial charge in [-0.15, -0.1) is 0 Å². The minimum atomic E-state index is 0.375. The van der Waals surface area contributed by atoms with Crippen LogP contribution in [0.1, 0.15) is 19.4 Å². The molecule has 3 N–H and O–H groups in total. The molecule has 1 aromatic carbocycles. The Morgan fingerprint density at radius 3 is 2.78 bits per heavy atom. The van der Waals surface area contributed by atoms with E-state index in [1.807, 2.05) is 24.3 Å². The fourth-order valence-corrected chi connectivity index (χ4v) is 1.98. The Kier molecular flexibility index (Phi) is 3.77. The van der Waals surface area contributed by atoms with Gasteiger partial charge in [-0.3, -0.25) is 4.98 Å². The van der Waals surface area contributed by atoms with Crippen LogP contribution in [0.15, 0.2) is 30.5 Å². The van der Waals surface area contributed by atoms with E-state index >= 15 is 0 Å². The minimum absolute atomic E-state index is 0.375. The zero-order valence-corrected chi connectivity index (χ0v) is 11.4. The van der Waals surface area contributed by atoms with Crippen molar-refractivity contribution in [3.8, 4) is 0 Å². The standard InChI is InChI=1S/C14H17N3S/c1-9(2)7-17-13-10-5-3-4-6-12(10)16-8-11(13)14(15)18/h3-6,8-9H,7H2,1-2H3,(H2,15,18)(H,16,17). The van der Waals surface area contributed by atoms with Crippen molar-refractivity contribution in [2.75, 3.05) is 11.9 Å². The third-order valence-electron chi connectivity index (χ3n) is 2.73. The molecule has 1 heterocycles. The van der Waals surface area contributed by atoms with Crippen LogP contribution in [0.2, 0.25) is 0 Å². The fourth-order valence-electron chi connectivity index (χ4n) is 1.82. The van der Waals surface area contributed by atoms with Crippen LogP contribution in [0.3, 0.4) is 0 Å². The van der Waals surface area contributed by atoms with Crippen molar-refractivity contribution in [3.05, 3.63) is 36.0 Å². The summed E-state index contributed by atoms with van der Waals surface area (Å²) in [7, 11) is 0. The van der Waals surface area contributed by atoms with Crippen LogP contribution in [-0.4, -0.2) is 16.5 Å². The van der Waals surface area contributed by atoms with Gasteiger partial charge in [-0.2, -0.15) is 0 Å². The predicted octanol–water partition coefficient (Wildman–Crippen LogP) is 2.94. The molecule has 0 spiro atoms. The molecule has 94 valence electrons. The number of benzene rings is 1. The Hall–Kier alpha value is -1.68. The van der Waals surface area contributed by atoms with Crippen molar-refractivity contribution in [1.82, 2.24) is 4.98 Å². The van der Waals surface area contributed by atoms with Gasteiger partial charge in [0.15, 0.2) is 0 Å². The second-order valence-corrected chi connectivity index (χ2v) is 5.14. The smallest absolute Gasteiger partial charge is 0.107 e. The van der Waals surface area contributed by atoms with E-state index in [9.17, 15) is 0 Å². The summed E-state index contributed by atoms with van der Waals surface area (Å²) in [6, 6.07) is 7.99. The van der Waals surface area contributed by atoms with Gasteiger partial charge in [-0.05, 0) is 12.0 Å². The first-order valence-corrected chi connectivity index (χ1v) is 6.42. The zero-order valence-electron chi connectivity index (χ0n) is 10.6. The number of nitrogens with two attached hydrogens (primary N) is 1. The third-order valence-corrected chi connectivity index (χ3v) is 2.95. The van der Waals surface area contributed by atoms with E-state index in [1.54, 1.807) is 6.20 Å². The number of fused-ring (bicyclic) bond motifs is 1. The molecule has 2 aromatic rings. The normalized spacial score (nSPS) is 10.8. The first-order valence-electron chi connectivity index (χ1n) is 6.01. The lowest BCUT2D eigenvalue weighted by Gasteiger charge is -2.15. The summed E-state index contributed by atoms with van der Waals surface area (Å²) in [6.45, 7) is 5.21. The van der Waals surface area contributed by atoms with E-state index in [4.69, 9.17) is 18.0 Å². The van der Waals surface area contributed by atoms with E-state index < -0.39 is 0 Å². The summed E-state index contributed by atoms with van der Waals surface area (Å²) in [5.41, 5.74) is 8.51. The number of thiocarbonyl (C=S) groups is 1. The molecule has 18 heavy (non-hydrogen) atoms. The molecule has 0 fully saturated rings. The Bertz CT molecular complexity index is 578. The van der Waals surface area contributed by atoms with Crippen LogP contribution in [-0.2, 0) is 0 Å². The highest BCUT2D eigenvalue weighted by atomic mass is 32.1. The molecule has 0 bridgehead atoms. The van der Waals surface area contributed by atoms with Gasteiger partial charge >= 0.3 is 0 Å². The van der Waals surface area contributed by atoms with Crippen molar-refractivity contribution < 1.29 is 0 Å². The topological polar surface area (TPSA) is 50.9 Å². The highest BCUT2D eigenvalue weighted by molar-refractivity contribution is 7.80. The second-order valence-electron chi connectivity index (χ2n) is 4.70. The van der Waals surface area contributed by atoms with Crippen LogP contribution in [0, 0.1) is 5.92 Å². The molecule has 1 aromatic heterocycles. The van der Waals surface area contributed by atoms with Crippen molar-refractivity contribution in [3.63, 3.8) is 0 Å². The molecule has 0 unspecified atom stereocenters. The summed E-state index contributed by atoms with van der Waals surface area (Å²) in [4.78, 5) is 4.76. The lowest BCUT2D eigenvalue weighted by atomic mass is 10.1. The van der Waals surface area contributed by atoms with Crippen LogP contribution in [0.4, 0.5) is 5.69 Å². The average Bonchev–Trinajstić information content (AvgIpc) is 2.35. The number of pyridine rings is 1. The van der Waals surface area contributed by atoms with Gasteiger partial charge in [0.2, 0.25) is 0 Å². The molecule has 0 saturated heterocycles. The number of hydrogen-bond donors (Lipinski definition) is 2.